The topological polar surface area (TPSA) is 64.4 Å². The number of pyridine rings is 1. The lowest BCUT2D eigenvalue weighted by Crippen LogP contribution is -2.52. The predicted molar refractivity (Wildman–Crippen MR) is 129 cm³/mol. The summed E-state index contributed by atoms with van der Waals surface area (Å²) >= 11 is 1.30. The van der Waals surface area contributed by atoms with E-state index in [2.05, 4.69) is 17.1 Å². The van der Waals surface area contributed by atoms with Crippen molar-refractivity contribution in [2.75, 3.05) is 5.01 Å². The summed E-state index contributed by atoms with van der Waals surface area (Å²) in [4.78, 5) is 31.6. The lowest BCUT2D eigenvalue weighted by atomic mass is 10.1. The first kappa shape index (κ1) is 21.2. The maximum Gasteiger partial charge on any atom is 0.285 e. The Bertz CT molecular complexity index is 1320. The van der Waals surface area contributed by atoms with Crippen LogP contribution in [0.1, 0.15) is 32.1 Å². The Labute approximate surface area is 195 Å². The minimum absolute atomic E-state index is 0.162. The Morgan fingerprint density at radius 1 is 1.09 bits per heavy atom. The summed E-state index contributed by atoms with van der Waals surface area (Å²) in [5.41, 5.74) is 5.44. The number of aryl methyl sites for hydroxylation is 1. The van der Waals surface area contributed by atoms with Gasteiger partial charge in [0.2, 0.25) is 0 Å². The van der Waals surface area contributed by atoms with Gasteiger partial charge in [-0.25, -0.2) is 14.7 Å². The van der Waals surface area contributed by atoms with Crippen LogP contribution in [0.2, 0.25) is 0 Å². The molecule has 1 amide bonds. The average molecular weight is 458 g/mol. The van der Waals surface area contributed by atoms with Crippen molar-refractivity contribution in [2.45, 2.75) is 32.4 Å². The van der Waals surface area contributed by atoms with Crippen LogP contribution in [-0.4, -0.2) is 21.6 Å². The zero-order valence-electron chi connectivity index (χ0n) is 18.2. The number of amides is 1. The highest BCUT2D eigenvalue weighted by atomic mass is 32.1. The Balaban J connectivity index is 1.45. The van der Waals surface area contributed by atoms with Crippen LogP contribution in [0.3, 0.4) is 0 Å². The molecule has 0 atom stereocenters. The van der Waals surface area contributed by atoms with E-state index in [-0.39, 0.29) is 17.5 Å². The van der Waals surface area contributed by atoms with Crippen molar-refractivity contribution in [1.29, 1.82) is 0 Å². The number of aromatic nitrogens is 2. The summed E-state index contributed by atoms with van der Waals surface area (Å²) in [6.07, 6.45) is 3.01. The molecule has 0 aliphatic heterocycles. The van der Waals surface area contributed by atoms with Gasteiger partial charge in [-0.1, -0.05) is 54.6 Å². The number of ether oxygens (including phenoxy) is 1. The quantitative estimate of drug-likeness (QED) is 0.437. The third-order valence-corrected chi connectivity index (χ3v) is 6.79. The maximum absolute atomic E-state index is 13.6. The molecule has 33 heavy (non-hydrogen) atoms. The Morgan fingerprint density at radius 2 is 1.79 bits per heavy atom. The number of thiazole rings is 1. The number of benzene rings is 2. The monoisotopic (exact) mass is 457 g/mol. The SMILES string of the molecule is Cc1ncsc1C(=O)N(C1Cc2ccccc2C1)n1ccc(OCc2ccccc2)cc1=O. The molecule has 1 aliphatic rings. The van der Waals surface area contributed by atoms with Gasteiger partial charge in [0.15, 0.2) is 0 Å². The zero-order valence-corrected chi connectivity index (χ0v) is 19.0. The van der Waals surface area contributed by atoms with Crippen molar-refractivity contribution in [3.05, 3.63) is 116 Å². The molecule has 7 heteroatoms. The molecule has 2 heterocycles. The second-order valence-corrected chi connectivity index (χ2v) is 8.92. The summed E-state index contributed by atoms with van der Waals surface area (Å²) in [7, 11) is 0. The number of hydrogen-bond donors (Lipinski definition) is 0. The van der Waals surface area contributed by atoms with Crippen molar-refractivity contribution in [2.24, 2.45) is 0 Å². The lowest BCUT2D eigenvalue weighted by Gasteiger charge is -2.30. The van der Waals surface area contributed by atoms with Gasteiger partial charge in [-0.15, -0.1) is 11.3 Å². The van der Waals surface area contributed by atoms with E-state index in [1.54, 1.807) is 22.8 Å². The smallest absolute Gasteiger partial charge is 0.285 e. The third-order valence-electron chi connectivity index (χ3n) is 5.88. The van der Waals surface area contributed by atoms with E-state index in [0.717, 1.165) is 5.56 Å². The molecule has 0 spiro atoms. The normalized spacial score (nSPS) is 13.0. The summed E-state index contributed by atoms with van der Waals surface area (Å²) in [6.45, 7) is 2.18. The van der Waals surface area contributed by atoms with Crippen LogP contribution < -0.4 is 15.3 Å². The van der Waals surface area contributed by atoms with Gasteiger partial charge in [0.1, 0.15) is 17.2 Å². The second-order valence-electron chi connectivity index (χ2n) is 8.07. The van der Waals surface area contributed by atoms with Crippen LogP contribution in [0, 0.1) is 6.92 Å². The van der Waals surface area contributed by atoms with Gasteiger partial charge < -0.3 is 4.74 Å². The van der Waals surface area contributed by atoms with E-state index < -0.39 is 0 Å². The van der Waals surface area contributed by atoms with E-state index in [1.165, 1.54) is 33.2 Å². The molecule has 166 valence electrons. The highest BCUT2D eigenvalue weighted by Crippen LogP contribution is 2.27. The summed E-state index contributed by atoms with van der Waals surface area (Å²) in [5, 5.41) is 1.59. The van der Waals surface area contributed by atoms with Crippen LogP contribution >= 0.6 is 11.3 Å². The summed E-state index contributed by atoms with van der Waals surface area (Å²) < 4.78 is 7.22. The van der Waals surface area contributed by atoms with Gasteiger partial charge in [0, 0.05) is 12.3 Å². The van der Waals surface area contributed by atoms with Crippen molar-refractivity contribution < 1.29 is 9.53 Å². The minimum Gasteiger partial charge on any atom is -0.489 e. The van der Waals surface area contributed by atoms with Gasteiger partial charge in [-0.3, -0.25) is 9.59 Å². The predicted octanol–water partition coefficient (Wildman–Crippen LogP) is 4.14. The van der Waals surface area contributed by atoms with Crippen LogP contribution in [-0.2, 0) is 19.4 Å². The van der Waals surface area contributed by atoms with Crippen LogP contribution in [0.5, 0.6) is 5.75 Å². The van der Waals surface area contributed by atoms with Crippen molar-refractivity contribution in [1.82, 2.24) is 9.66 Å². The highest BCUT2D eigenvalue weighted by Gasteiger charge is 2.33. The van der Waals surface area contributed by atoms with E-state index in [0.29, 0.717) is 35.8 Å². The molecule has 4 aromatic rings. The van der Waals surface area contributed by atoms with Crippen LogP contribution in [0.25, 0.3) is 0 Å². The van der Waals surface area contributed by atoms with E-state index in [9.17, 15) is 9.59 Å². The maximum atomic E-state index is 13.6. The fourth-order valence-corrected chi connectivity index (χ4v) is 4.96. The minimum atomic E-state index is -0.313. The van der Waals surface area contributed by atoms with Crippen molar-refractivity contribution in [3.8, 4) is 5.75 Å². The van der Waals surface area contributed by atoms with Crippen LogP contribution in [0.4, 0.5) is 0 Å². The van der Waals surface area contributed by atoms with E-state index in [4.69, 9.17) is 4.74 Å². The first-order chi connectivity index (χ1) is 16.1. The van der Waals surface area contributed by atoms with Gasteiger partial charge >= 0.3 is 0 Å². The molecule has 1 aliphatic carbocycles. The molecule has 2 aromatic carbocycles. The molecule has 0 bridgehead atoms. The Kier molecular flexibility index (Phi) is 5.79. The fraction of sp³-hybridized carbons (Fsp3) is 0.192. The number of carbonyl (C=O) groups is 1. The standard InChI is InChI=1S/C26H23N3O3S/c1-18-25(33-17-27-18)26(31)29(22-13-20-9-5-6-10-21(20)14-22)28-12-11-23(15-24(28)30)32-16-19-7-3-2-4-8-19/h2-12,15,17,22H,13-14,16H2,1H3. The molecule has 6 nitrogen and oxygen atoms in total. The first-order valence-corrected chi connectivity index (χ1v) is 11.7. The fourth-order valence-electron chi connectivity index (χ4n) is 4.22. The Hall–Kier alpha value is -3.71. The molecule has 0 saturated heterocycles. The Morgan fingerprint density at radius 3 is 2.42 bits per heavy atom. The largest absolute Gasteiger partial charge is 0.489 e. The zero-order chi connectivity index (χ0) is 22.8. The van der Waals surface area contributed by atoms with Crippen LogP contribution in [0.15, 0.2) is 83.2 Å². The third kappa shape index (κ3) is 4.32. The molecule has 0 saturated carbocycles. The van der Waals surface area contributed by atoms with Gasteiger partial charge in [-0.2, -0.15) is 0 Å². The average Bonchev–Trinajstić information content (AvgIpc) is 3.45. The number of rotatable bonds is 6. The van der Waals surface area contributed by atoms with E-state index >= 15 is 0 Å². The number of nitrogens with zero attached hydrogens (tertiary/aromatic N) is 3. The molecule has 2 aromatic heterocycles. The van der Waals surface area contributed by atoms with Crippen molar-refractivity contribution >= 4 is 17.2 Å². The summed E-state index contributed by atoms with van der Waals surface area (Å²) in [6, 6.07) is 21.0. The first-order valence-electron chi connectivity index (χ1n) is 10.8. The van der Waals surface area contributed by atoms with Gasteiger partial charge in [0.05, 0.1) is 17.2 Å². The lowest BCUT2D eigenvalue weighted by molar-refractivity contribution is 0.0945. The molecule has 0 unspecified atom stereocenters. The number of carbonyl (C=O) groups excluding carboxylic acids is 1. The summed E-state index contributed by atoms with van der Waals surface area (Å²) in [5.74, 6) is 0.254. The molecule has 0 radical (unpaired) electrons. The van der Waals surface area contributed by atoms with E-state index in [1.807, 2.05) is 49.4 Å². The molecule has 5 rings (SSSR count). The van der Waals surface area contributed by atoms with Gasteiger partial charge in [-0.05, 0) is 42.5 Å². The molecular formula is C26H23N3O3S. The molecule has 0 N–H and O–H groups in total. The van der Waals surface area contributed by atoms with Crippen molar-refractivity contribution in [3.63, 3.8) is 0 Å². The highest BCUT2D eigenvalue weighted by molar-refractivity contribution is 7.12. The number of hydrogen-bond acceptors (Lipinski definition) is 5. The second kappa shape index (κ2) is 9.03. The number of fused-ring (bicyclic) bond motifs is 1. The van der Waals surface area contributed by atoms with Gasteiger partial charge in [0.25, 0.3) is 11.5 Å². The molecule has 0 fully saturated rings. The molecular weight excluding hydrogens is 434 g/mol.